The summed E-state index contributed by atoms with van der Waals surface area (Å²) in [4.78, 5) is 23.1. The summed E-state index contributed by atoms with van der Waals surface area (Å²) in [5, 5.41) is 0. The highest BCUT2D eigenvalue weighted by atomic mass is 35.5. The number of esters is 2. The first-order chi connectivity index (χ1) is 10.1. The van der Waals surface area contributed by atoms with Crippen molar-refractivity contribution in [1.82, 2.24) is 0 Å². The maximum Gasteiger partial charge on any atom is 0.322 e. The lowest BCUT2D eigenvalue weighted by Gasteiger charge is -2.11. The van der Waals surface area contributed by atoms with Crippen LogP contribution in [0.5, 0.6) is 0 Å². The van der Waals surface area contributed by atoms with Crippen molar-refractivity contribution in [1.29, 1.82) is 0 Å². The second-order valence-corrected chi connectivity index (χ2v) is 4.81. The fourth-order valence-electron chi connectivity index (χ4n) is 1.63. The van der Waals surface area contributed by atoms with Crippen LogP contribution >= 0.6 is 12.4 Å². The van der Waals surface area contributed by atoms with E-state index in [0.29, 0.717) is 6.61 Å². The molecular formula is C16H24ClNO4. The molecule has 0 unspecified atom stereocenters. The Morgan fingerprint density at radius 2 is 1.86 bits per heavy atom. The van der Waals surface area contributed by atoms with Crippen molar-refractivity contribution in [3.8, 4) is 0 Å². The van der Waals surface area contributed by atoms with E-state index in [2.05, 4.69) is 0 Å². The van der Waals surface area contributed by atoms with E-state index in [1.807, 2.05) is 37.3 Å². The van der Waals surface area contributed by atoms with Crippen LogP contribution in [-0.4, -0.2) is 24.6 Å². The molecule has 124 valence electrons. The number of hydrogen-bond donors (Lipinski definition) is 1. The highest BCUT2D eigenvalue weighted by Crippen LogP contribution is 2.04. The van der Waals surface area contributed by atoms with E-state index < -0.39 is 12.0 Å². The third-order valence-corrected chi connectivity index (χ3v) is 2.95. The highest BCUT2D eigenvalue weighted by Gasteiger charge is 2.16. The highest BCUT2D eigenvalue weighted by molar-refractivity contribution is 5.85. The van der Waals surface area contributed by atoms with Crippen molar-refractivity contribution in [3.05, 3.63) is 35.9 Å². The Morgan fingerprint density at radius 3 is 2.50 bits per heavy atom. The van der Waals surface area contributed by atoms with Crippen molar-refractivity contribution < 1.29 is 19.1 Å². The van der Waals surface area contributed by atoms with Crippen LogP contribution in [0.25, 0.3) is 0 Å². The molecule has 0 spiro atoms. The molecule has 0 aliphatic carbocycles. The van der Waals surface area contributed by atoms with Gasteiger partial charge in [-0.25, -0.2) is 0 Å². The second-order valence-electron chi connectivity index (χ2n) is 4.81. The van der Waals surface area contributed by atoms with Gasteiger partial charge in [0, 0.05) is 6.42 Å². The third-order valence-electron chi connectivity index (χ3n) is 2.95. The molecular weight excluding hydrogens is 306 g/mol. The Hall–Kier alpha value is -1.59. The van der Waals surface area contributed by atoms with Crippen molar-refractivity contribution in [2.75, 3.05) is 6.61 Å². The quantitative estimate of drug-likeness (QED) is 0.556. The van der Waals surface area contributed by atoms with Crippen molar-refractivity contribution in [2.24, 2.45) is 5.73 Å². The van der Waals surface area contributed by atoms with E-state index in [4.69, 9.17) is 15.2 Å². The Morgan fingerprint density at radius 1 is 1.18 bits per heavy atom. The van der Waals surface area contributed by atoms with Crippen LogP contribution < -0.4 is 5.73 Å². The standard InChI is InChI=1S/C16H23NO4.ClH/c1-2-3-11-20-16(19)14(17)9-10-15(18)21-12-13-7-5-4-6-8-13;/h4-8,14H,2-3,9-12,17H2,1H3;1H/t14-;/m1./s1. The van der Waals surface area contributed by atoms with Crippen molar-refractivity contribution in [2.45, 2.75) is 45.3 Å². The van der Waals surface area contributed by atoms with E-state index in [9.17, 15) is 9.59 Å². The molecule has 1 aromatic carbocycles. The zero-order valence-electron chi connectivity index (χ0n) is 12.8. The number of rotatable bonds is 9. The first-order valence-electron chi connectivity index (χ1n) is 7.25. The minimum absolute atomic E-state index is 0. The van der Waals surface area contributed by atoms with Gasteiger partial charge in [-0.2, -0.15) is 0 Å². The summed E-state index contributed by atoms with van der Waals surface area (Å²) in [6.45, 7) is 2.62. The van der Waals surface area contributed by atoms with Gasteiger partial charge in [-0.05, 0) is 18.4 Å². The van der Waals surface area contributed by atoms with Gasteiger partial charge in [0.25, 0.3) is 0 Å². The zero-order valence-corrected chi connectivity index (χ0v) is 13.6. The van der Waals surface area contributed by atoms with Gasteiger partial charge in [0.05, 0.1) is 6.61 Å². The van der Waals surface area contributed by atoms with Gasteiger partial charge >= 0.3 is 11.9 Å². The van der Waals surface area contributed by atoms with Crippen LogP contribution in [0.15, 0.2) is 30.3 Å². The van der Waals surface area contributed by atoms with Crippen molar-refractivity contribution >= 4 is 24.3 Å². The van der Waals surface area contributed by atoms with Gasteiger partial charge in [0.1, 0.15) is 12.6 Å². The molecule has 0 saturated heterocycles. The fraction of sp³-hybridized carbons (Fsp3) is 0.500. The van der Waals surface area contributed by atoms with E-state index >= 15 is 0 Å². The average Bonchev–Trinajstić information content (AvgIpc) is 2.51. The first-order valence-corrected chi connectivity index (χ1v) is 7.25. The maximum absolute atomic E-state index is 11.6. The molecule has 22 heavy (non-hydrogen) atoms. The number of unbranched alkanes of at least 4 members (excludes halogenated alkanes) is 1. The van der Waals surface area contributed by atoms with E-state index in [0.717, 1.165) is 18.4 Å². The number of carbonyl (C=O) groups excluding carboxylic acids is 2. The average molecular weight is 330 g/mol. The van der Waals surface area contributed by atoms with Gasteiger partial charge in [-0.1, -0.05) is 43.7 Å². The van der Waals surface area contributed by atoms with E-state index in [1.54, 1.807) is 0 Å². The normalized spacial score (nSPS) is 11.2. The number of ether oxygens (including phenoxy) is 2. The molecule has 0 fully saturated rings. The Bertz CT molecular complexity index is 439. The van der Waals surface area contributed by atoms with Gasteiger partial charge in [0.2, 0.25) is 0 Å². The first kappa shape index (κ1) is 20.4. The number of benzene rings is 1. The van der Waals surface area contributed by atoms with Crippen LogP contribution in [0.4, 0.5) is 0 Å². The molecule has 0 bridgehead atoms. The topological polar surface area (TPSA) is 78.6 Å². The Labute approximate surface area is 137 Å². The summed E-state index contributed by atoms with van der Waals surface area (Å²) in [6, 6.07) is 8.64. The molecule has 0 saturated carbocycles. The molecule has 0 radical (unpaired) electrons. The smallest absolute Gasteiger partial charge is 0.322 e. The molecule has 0 aliphatic rings. The van der Waals surface area contributed by atoms with Crippen LogP contribution in [0.2, 0.25) is 0 Å². The van der Waals surface area contributed by atoms with E-state index in [1.165, 1.54) is 0 Å². The third kappa shape index (κ3) is 8.64. The van der Waals surface area contributed by atoms with Crippen LogP contribution in [0.3, 0.4) is 0 Å². The molecule has 6 heteroatoms. The largest absolute Gasteiger partial charge is 0.465 e. The Kier molecular flexibility index (Phi) is 11.1. The fourth-order valence-corrected chi connectivity index (χ4v) is 1.63. The predicted octanol–water partition coefficient (Wildman–Crippen LogP) is 2.60. The van der Waals surface area contributed by atoms with Gasteiger partial charge in [0.15, 0.2) is 0 Å². The number of nitrogens with two attached hydrogens (primary N) is 1. The molecule has 2 N–H and O–H groups in total. The maximum atomic E-state index is 11.6. The lowest BCUT2D eigenvalue weighted by atomic mass is 10.2. The molecule has 0 amide bonds. The lowest BCUT2D eigenvalue weighted by molar-refractivity contribution is -0.147. The molecule has 0 aromatic heterocycles. The predicted molar refractivity (Wildman–Crippen MR) is 86.6 cm³/mol. The van der Waals surface area contributed by atoms with Gasteiger partial charge in [-0.3, -0.25) is 9.59 Å². The van der Waals surface area contributed by atoms with Crippen LogP contribution in [0.1, 0.15) is 38.2 Å². The number of carbonyl (C=O) groups is 2. The summed E-state index contributed by atoms with van der Waals surface area (Å²) >= 11 is 0. The number of halogens is 1. The summed E-state index contributed by atoms with van der Waals surface area (Å²) in [7, 11) is 0. The lowest BCUT2D eigenvalue weighted by Crippen LogP contribution is -2.33. The number of hydrogen-bond acceptors (Lipinski definition) is 5. The minimum Gasteiger partial charge on any atom is -0.465 e. The summed E-state index contributed by atoms with van der Waals surface area (Å²) in [5.74, 6) is -0.824. The molecule has 1 rings (SSSR count). The molecule has 5 nitrogen and oxygen atoms in total. The summed E-state index contributed by atoms with van der Waals surface area (Å²) < 4.78 is 10.1. The molecule has 0 heterocycles. The summed E-state index contributed by atoms with van der Waals surface area (Å²) in [5.41, 5.74) is 6.60. The monoisotopic (exact) mass is 329 g/mol. The van der Waals surface area contributed by atoms with Crippen LogP contribution in [0, 0.1) is 0 Å². The van der Waals surface area contributed by atoms with Crippen LogP contribution in [-0.2, 0) is 25.7 Å². The molecule has 1 aromatic rings. The van der Waals surface area contributed by atoms with Gasteiger partial charge in [-0.15, -0.1) is 12.4 Å². The Balaban J connectivity index is 0.00000441. The molecule has 1 atom stereocenters. The van der Waals surface area contributed by atoms with E-state index in [-0.39, 0.29) is 37.8 Å². The SMILES string of the molecule is CCCCOC(=O)[C@H](N)CCC(=O)OCc1ccccc1.Cl. The van der Waals surface area contributed by atoms with Gasteiger partial charge < -0.3 is 15.2 Å². The zero-order chi connectivity index (χ0) is 15.5. The molecule has 0 aliphatic heterocycles. The minimum atomic E-state index is -0.772. The van der Waals surface area contributed by atoms with Crippen molar-refractivity contribution in [3.63, 3.8) is 0 Å². The second kappa shape index (κ2) is 12.0. The summed E-state index contributed by atoms with van der Waals surface area (Å²) in [6.07, 6.45) is 2.11.